The summed E-state index contributed by atoms with van der Waals surface area (Å²) in [5.41, 5.74) is -0.349. The van der Waals surface area contributed by atoms with Crippen LogP contribution in [0.25, 0.3) is 0 Å². The first-order valence-corrected chi connectivity index (χ1v) is 10.9. The number of ether oxygens (including phenoxy) is 1. The van der Waals surface area contributed by atoms with Gasteiger partial charge in [-0.2, -0.15) is 0 Å². The van der Waals surface area contributed by atoms with Gasteiger partial charge in [-0.15, -0.1) is 0 Å². The number of carbonyl (C=O) groups is 2. The summed E-state index contributed by atoms with van der Waals surface area (Å²) in [7, 11) is 1.32. The van der Waals surface area contributed by atoms with Crippen molar-refractivity contribution in [2.45, 2.75) is 11.5 Å². The molecule has 0 radical (unpaired) electrons. The molecule has 10 heteroatoms. The van der Waals surface area contributed by atoms with Crippen molar-refractivity contribution >= 4 is 23.2 Å². The van der Waals surface area contributed by atoms with Gasteiger partial charge >= 0.3 is 0 Å². The lowest BCUT2D eigenvalue weighted by molar-refractivity contribution is -0.578. The lowest BCUT2D eigenvalue weighted by Crippen LogP contribution is -2.57. The number of hydrogen-bond donors (Lipinski definition) is 0. The fraction of sp³-hybridized carbons (Fsp3) is 0.200. The van der Waals surface area contributed by atoms with Crippen LogP contribution in [-0.4, -0.2) is 28.8 Å². The van der Waals surface area contributed by atoms with E-state index < -0.39 is 45.0 Å². The Morgan fingerprint density at radius 3 is 2.03 bits per heavy atom. The number of anilines is 1. The Labute approximate surface area is 198 Å². The summed E-state index contributed by atoms with van der Waals surface area (Å²) in [5, 5.41) is 24.4. The van der Waals surface area contributed by atoms with Crippen molar-refractivity contribution in [2.75, 3.05) is 12.0 Å². The van der Waals surface area contributed by atoms with Gasteiger partial charge < -0.3 is 4.74 Å². The zero-order valence-corrected chi connectivity index (χ0v) is 18.3. The first-order valence-electron chi connectivity index (χ1n) is 10.9. The summed E-state index contributed by atoms with van der Waals surface area (Å²) < 4.78 is 5.31. The molecule has 0 unspecified atom stereocenters. The van der Waals surface area contributed by atoms with Crippen LogP contribution < -0.4 is 9.64 Å². The smallest absolute Gasteiger partial charge is 0.285 e. The topological polar surface area (TPSA) is 133 Å². The predicted octanol–water partition coefficient (Wildman–Crippen LogP) is 3.39. The maximum atomic E-state index is 14.0. The fourth-order valence-electron chi connectivity index (χ4n) is 6.25. The minimum atomic E-state index is -1.97. The molecule has 0 saturated carbocycles. The second-order valence-corrected chi connectivity index (χ2v) is 8.80. The van der Waals surface area contributed by atoms with Crippen LogP contribution in [-0.2, 0) is 15.1 Å². The third kappa shape index (κ3) is 2.38. The van der Waals surface area contributed by atoms with Crippen LogP contribution in [0.3, 0.4) is 0 Å². The second-order valence-electron chi connectivity index (χ2n) is 8.80. The SMILES string of the molecule is COc1ccc([N+](=O)[O-])cc1N1C(=O)[C@@H]2[C@@H](C1=O)C1c3ccccc3C2([N+](=O)[O-])c2ccccc21. The van der Waals surface area contributed by atoms with E-state index in [1.807, 2.05) is 0 Å². The molecule has 0 aromatic heterocycles. The standard InChI is InChI=1S/C25H17N3O7/c1-35-19-11-10-13(27(31)32)12-18(19)26-23(29)21-20-14-6-2-4-8-16(14)25(28(33)34,22(21)24(26)30)17-9-5-3-7-15(17)20/h2-12,20-22H,1H3/t20?,21-,22-,25?/m0/s1. The molecule has 1 saturated heterocycles. The molecule has 4 aliphatic rings. The summed E-state index contributed by atoms with van der Waals surface area (Å²) in [6.07, 6.45) is 0. The third-order valence-electron chi connectivity index (χ3n) is 7.48. The number of rotatable bonds is 4. The first-order chi connectivity index (χ1) is 16.8. The van der Waals surface area contributed by atoms with Crippen molar-refractivity contribution in [3.63, 3.8) is 0 Å². The maximum Gasteiger partial charge on any atom is 0.285 e. The van der Waals surface area contributed by atoms with E-state index >= 15 is 0 Å². The van der Waals surface area contributed by atoms with E-state index in [1.165, 1.54) is 19.2 Å². The van der Waals surface area contributed by atoms with Crippen LogP contribution in [0.1, 0.15) is 28.2 Å². The number of imide groups is 1. The molecular weight excluding hydrogens is 454 g/mol. The van der Waals surface area contributed by atoms with Gasteiger partial charge in [0.15, 0.2) is 0 Å². The fourth-order valence-corrected chi connectivity index (χ4v) is 6.25. The highest BCUT2D eigenvalue weighted by Gasteiger charge is 2.75. The van der Waals surface area contributed by atoms with E-state index in [4.69, 9.17) is 4.74 Å². The monoisotopic (exact) mass is 471 g/mol. The molecule has 2 atom stereocenters. The van der Waals surface area contributed by atoms with Crippen molar-refractivity contribution in [3.05, 3.63) is 109 Å². The molecule has 1 fully saturated rings. The van der Waals surface area contributed by atoms with Crippen molar-refractivity contribution in [2.24, 2.45) is 11.8 Å². The molecule has 1 aliphatic heterocycles. The molecule has 1 heterocycles. The molecule has 2 amide bonds. The van der Waals surface area contributed by atoms with Crippen LogP contribution in [0, 0.1) is 32.1 Å². The maximum absolute atomic E-state index is 14.0. The van der Waals surface area contributed by atoms with Crippen LogP contribution in [0.4, 0.5) is 11.4 Å². The molecule has 0 N–H and O–H groups in total. The van der Waals surface area contributed by atoms with Gasteiger partial charge in [0.25, 0.3) is 11.2 Å². The lowest BCUT2D eigenvalue weighted by Gasteiger charge is -2.48. The van der Waals surface area contributed by atoms with Gasteiger partial charge in [-0.1, -0.05) is 48.5 Å². The minimum Gasteiger partial charge on any atom is -0.495 e. The molecule has 3 aliphatic carbocycles. The van der Waals surface area contributed by atoms with E-state index in [0.717, 1.165) is 11.0 Å². The molecule has 35 heavy (non-hydrogen) atoms. The quantitative estimate of drug-likeness (QED) is 0.324. The third-order valence-corrected chi connectivity index (χ3v) is 7.48. The Morgan fingerprint density at radius 2 is 1.49 bits per heavy atom. The molecule has 10 nitrogen and oxygen atoms in total. The van der Waals surface area contributed by atoms with Gasteiger partial charge in [0, 0.05) is 34.1 Å². The van der Waals surface area contributed by atoms with Crippen molar-refractivity contribution < 1.29 is 24.2 Å². The van der Waals surface area contributed by atoms with Gasteiger partial charge in [0.1, 0.15) is 17.4 Å². The summed E-state index contributed by atoms with van der Waals surface area (Å²) in [6, 6.07) is 17.3. The van der Waals surface area contributed by atoms with E-state index in [1.54, 1.807) is 48.5 Å². The molecule has 0 spiro atoms. The number of non-ortho nitro benzene ring substituents is 1. The molecule has 2 bridgehead atoms. The number of amides is 2. The summed E-state index contributed by atoms with van der Waals surface area (Å²) in [4.78, 5) is 52.1. The normalized spacial score (nSPS) is 25.6. The predicted molar refractivity (Wildman–Crippen MR) is 122 cm³/mol. The number of nitro benzene ring substituents is 1. The van der Waals surface area contributed by atoms with Crippen LogP contribution in [0.2, 0.25) is 0 Å². The number of nitrogens with zero attached hydrogens (tertiary/aromatic N) is 3. The van der Waals surface area contributed by atoms with Gasteiger partial charge in [-0.25, -0.2) is 4.90 Å². The number of hydrogen-bond acceptors (Lipinski definition) is 7. The second kappa shape index (κ2) is 6.95. The van der Waals surface area contributed by atoms with Crippen molar-refractivity contribution in [3.8, 4) is 5.75 Å². The number of nitro groups is 2. The summed E-state index contributed by atoms with van der Waals surface area (Å²) >= 11 is 0. The zero-order valence-electron chi connectivity index (χ0n) is 18.3. The Hall–Kier alpha value is -4.60. The largest absolute Gasteiger partial charge is 0.495 e. The number of carbonyl (C=O) groups excluding carboxylic acids is 2. The highest BCUT2D eigenvalue weighted by molar-refractivity contribution is 6.24. The van der Waals surface area contributed by atoms with Crippen molar-refractivity contribution in [1.82, 2.24) is 0 Å². The first kappa shape index (κ1) is 21.0. The number of methoxy groups -OCH3 is 1. The molecule has 3 aromatic carbocycles. The van der Waals surface area contributed by atoms with Gasteiger partial charge in [-0.3, -0.25) is 29.8 Å². The number of benzene rings is 3. The highest BCUT2D eigenvalue weighted by Crippen LogP contribution is 2.64. The Balaban J connectivity index is 1.65. The molecule has 7 rings (SSSR count). The van der Waals surface area contributed by atoms with Gasteiger partial charge in [0.2, 0.25) is 11.8 Å². The summed E-state index contributed by atoms with van der Waals surface area (Å²) in [5.74, 6) is -4.26. The van der Waals surface area contributed by atoms with Gasteiger partial charge in [0.05, 0.1) is 18.0 Å². The average Bonchev–Trinajstić information content (AvgIpc) is 3.13. The van der Waals surface area contributed by atoms with E-state index in [2.05, 4.69) is 0 Å². The highest BCUT2D eigenvalue weighted by atomic mass is 16.6. The minimum absolute atomic E-state index is 0.0773. The Bertz CT molecular complexity index is 1440. The van der Waals surface area contributed by atoms with E-state index in [-0.39, 0.29) is 17.1 Å². The van der Waals surface area contributed by atoms with Crippen LogP contribution in [0.5, 0.6) is 5.75 Å². The average molecular weight is 471 g/mol. The lowest BCUT2D eigenvalue weighted by atomic mass is 9.51. The zero-order chi connectivity index (χ0) is 24.6. The van der Waals surface area contributed by atoms with Gasteiger partial charge in [-0.05, 0) is 17.2 Å². The van der Waals surface area contributed by atoms with Crippen LogP contribution in [0.15, 0.2) is 66.7 Å². The van der Waals surface area contributed by atoms with Crippen LogP contribution >= 0.6 is 0 Å². The molecule has 174 valence electrons. The molecular formula is C25H17N3O7. The summed E-state index contributed by atoms with van der Waals surface area (Å²) in [6.45, 7) is 0. The Morgan fingerprint density at radius 1 is 0.886 bits per heavy atom. The molecule has 3 aromatic rings. The van der Waals surface area contributed by atoms with E-state index in [9.17, 15) is 29.8 Å². The van der Waals surface area contributed by atoms with E-state index in [0.29, 0.717) is 22.3 Å². The Kier molecular flexibility index (Phi) is 4.17. The van der Waals surface area contributed by atoms with Crippen molar-refractivity contribution in [1.29, 1.82) is 0 Å².